The van der Waals surface area contributed by atoms with E-state index in [2.05, 4.69) is 6.92 Å². The molecule has 0 radical (unpaired) electrons. The maximum atomic E-state index is 11.8. The highest BCUT2D eigenvalue weighted by Gasteiger charge is 2.28. The van der Waals surface area contributed by atoms with E-state index in [1.807, 2.05) is 35.2 Å². The summed E-state index contributed by atoms with van der Waals surface area (Å²) in [7, 11) is 0. The molecule has 15 heavy (non-hydrogen) atoms. The van der Waals surface area contributed by atoms with Crippen LogP contribution in [0.4, 0.5) is 0 Å². The standard InChI is InChI=1S/C13H17NO/c1-2-11-9-14(10-11)13(15)8-12-6-4-3-5-7-12/h3-7,11H,2,8-10H2,1H3. The van der Waals surface area contributed by atoms with E-state index in [4.69, 9.17) is 0 Å². The molecule has 0 spiro atoms. The van der Waals surface area contributed by atoms with Crippen molar-refractivity contribution in [1.29, 1.82) is 0 Å². The fourth-order valence-corrected chi connectivity index (χ4v) is 1.91. The molecule has 1 aromatic rings. The van der Waals surface area contributed by atoms with E-state index in [0.717, 1.165) is 24.6 Å². The summed E-state index contributed by atoms with van der Waals surface area (Å²) in [4.78, 5) is 13.7. The van der Waals surface area contributed by atoms with Crippen molar-refractivity contribution in [3.8, 4) is 0 Å². The average molecular weight is 203 g/mol. The van der Waals surface area contributed by atoms with E-state index < -0.39 is 0 Å². The van der Waals surface area contributed by atoms with Crippen molar-refractivity contribution in [2.24, 2.45) is 5.92 Å². The van der Waals surface area contributed by atoms with E-state index in [9.17, 15) is 4.79 Å². The molecule has 1 heterocycles. The zero-order chi connectivity index (χ0) is 10.7. The summed E-state index contributed by atoms with van der Waals surface area (Å²) in [6.45, 7) is 4.11. The average Bonchev–Trinajstić information content (AvgIpc) is 2.17. The third-order valence-corrected chi connectivity index (χ3v) is 3.09. The minimum Gasteiger partial charge on any atom is -0.342 e. The van der Waals surface area contributed by atoms with Crippen LogP contribution in [0, 0.1) is 5.92 Å². The summed E-state index contributed by atoms with van der Waals surface area (Å²) in [6, 6.07) is 9.95. The molecule has 1 amide bonds. The van der Waals surface area contributed by atoms with Gasteiger partial charge in [-0.25, -0.2) is 0 Å². The number of hydrogen-bond donors (Lipinski definition) is 0. The molecule has 2 heteroatoms. The predicted molar refractivity (Wildman–Crippen MR) is 60.5 cm³/mol. The lowest BCUT2D eigenvalue weighted by Crippen LogP contribution is -2.50. The molecular formula is C13H17NO. The lowest BCUT2D eigenvalue weighted by Gasteiger charge is -2.39. The molecule has 0 N–H and O–H groups in total. The third-order valence-electron chi connectivity index (χ3n) is 3.09. The number of benzene rings is 1. The van der Waals surface area contributed by atoms with Gasteiger partial charge in [-0.15, -0.1) is 0 Å². The van der Waals surface area contributed by atoms with Crippen molar-refractivity contribution in [3.63, 3.8) is 0 Å². The van der Waals surface area contributed by atoms with Gasteiger partial charge in [-0.2, -0.15) is 0 Å². The molecule has 1 aromatic carbocycles. The van der Waals surface area contributed by atoms with Crippen LogP contribution >= 0.6 is 0 Å². The van der Waals surface area contributed by atoms with Crippen LogP contribution < -0.4 is 0 Å². The third kappa shape index (κ3) is 2.38. The molecular weight excluding hydrogens is 186 g/mol. The Kier molecular flexibility index (Phi) is 3.05. The molecule has 1 aliphatic heterocycles. The van der Waals surface area contributed by atoms with Crippen molar-refractivity contribution in [3.05, 3.63) is 35.9 Å². The van der Waals surface area contributed by atoms with Crippen LogP contribution in [-0.4, -0.2) is 23.9 Å². The normalized spacial score (nSPS) is 16.2. The number of likely N-dealkylation sites (tertiary alicyclic amines) is 1. The fraction of sp³-hybridized carbons (Fsp3) is 0.462. The first-order valence-electron chi connectivity index (χ1n) is 5.61. The van der Waals surface area contributed by atoms with E-state index in [1.165, 1.54) is 6.42 Å². The van der Waals surface area contributed by atoms with E-state index in [0.29, 0.717) is 6.42 Å². The number of hydrogen-bond acceptors (Lipinski definition) is 1. The maximum Gasteiger partial charge on any atom is 0.227 e. The van der Waals surface area contributed by atoms with Gasteiger partial charge in [0.15, 0.2) is 0 Å². The van der Waals surface area contributed by atoms with Gasteiger partial charge in [0.2, 0.25) is 5.91 Å². The highest BCUT2D eigenvalue weighted by atomic mass is 16.2. The molecule has 0 aromatic heterocycles. The second-order valence-corrected chi connectivity index (χ2v) is 4.24. The lowest BCUT2D eigenvalue weighted by atomic mass is 9.96. The van der Waals surface area contributed by atoms with Crippen LogP contribution in [0.5, 0.6) is 0 Å². The second-order valence-electron chi connectivity index (χ2n) is 4.24. The zero-order valence-electron chi connectivity index (χ0n) is 9.15. The minimum atomic E-state index is 0.269. The summed E-state index contributed by atoms with van der Waals surface area (Å²) in [5, 5.41) is 0. The van der Waals surface area contributed by atoms with Gasteiger partial charge >= 0.3 is 0 Å². The Morgan fingerprint density at radius 3 is 2.60 bits per heavy atom. The molecule has 2 rings (SSSR count). The van der Waals surface area contributed by atoms with Crippen LogP contribution in [0.25, 0.3) is 0 Å². The van der Waals surface area contributed by atoms with Crippen LogP contribution in [0.2, 0.25) is 0 Å². The topological polar surface area (TPSA) is 20.3 Å². The predicted octanol–water partition coefficient (Wildman–Crippen LogP) is 2.10. The summed E-state index contributed by atoms with van der Waals surface area (Å²) < 4.78 is 0. The van der Waals surface area contributed by atoms with Gasteiger partial charge < -0.3 is 4.90 Å². The number of carbonyl (C=O) groups is 1. The SMILES string of the molecule is CCC1CN(C(=O)Cc2ccccc2)C1. The zero-order valence-corrected chi connectivity index (χ0v) is 9.15. The number of carbonyl (C=O) groups excluding carboxylic acids is 1. The highest BCUT2D eigenvalue weighted by Crippen LogP contribution is 2.19. The van der Waals surface area contributed by atoms with Crippen molar-refractivity contribution >= 4 is 5.91 Å². The summed E-state index contributed by atoms with van der Waals surface area (Å²) in [5.74, 6) is 1.01. The second kappa shape index (κ2) is 4.47. The van der Waals surface area contributed by atoms with E-state index in [-0.39, 0.29) is 5.91 Å². The number of amides is 1. The highest BCUT2D eigenvalue weighted by molar-refractivity contribution is 5.79. The van der Waals surface area contributed by atoms with Crippen molar-refractivity contribution in [2.75, 3.05) is 13.1 Å². The maximum absolute atomic E-state index is 11.8. The minimum absolute atomic E-state index is 0.269. The first-order valence-corrected chi connectivity index (χ1v) is 5.61. The molecule has 1 aliphatic rings. The van der Waals surface area contributed by atoms with E-state index >= 15 is 0 Å². The summed E-state index contributed by atoms with van der Waals surface area (Å²) >= 11 is 0. The Hall–Kier alpha value is -1.31. The van der Waals surface area contributed by atoms with Crippen molar-refractivity contribution in [2.45, 2.75) is 19.8 Å². The van der Waals surface area contributed by atoms with Crippen LogP contribution in [0.15, 0.2) is 30.3 Å². The van der Waals surface area contributed by atoms with Crippen molar-refractivity contribution in [1.82, 2.24) is 4.90 Å². The Labute approximate surface area is 90.9 Å². The van der Waals surface area contributed by atoms with E-state index in [1.54, 1.807) is 0 Å². The summed E-state index contributed by atoms with van der Waals surface area (Å²) in [5.41, 5.74) is 1.11. The molecule has 1 fully saturated rings. The van der Waals surface area contributed by atoms with Gasteiger partial charge in [-0.3, -0.25) is 4.79 Å². The smallest absolute Gasteiger partial charge is 0.227 e. The molecule has 0 atom stereocenters. The molecule has 1 saturated heterocycles. The van der Waals surface area contributed by atoms with Gasteiger partial charge in [-0.1, -0.05) is 37.3 Å². The molecule has 0 unspecified atom stereocenters. The van der Waals surface area contributed by atoms with Crippen molar-refractivity contribution < 1.29 is 4.79 Å². The molecule has 0 bridgehead atoms. The Morgan fingerprint density at radius 2 is 2.00 bits per heavy atom. The lowest BCUT2D eigenvalue weighted by molar-refractivity contribution is -0.136. The Morgan fingerprint density at radius 1 is 1.33 bits per heavy atom. The Balaban J connectivity index is 1.84. The monoisotopic (exact) mass is 203 g/mol. The quantitative estimate of drug-likeness (QED) is 0.736. The van der Waals surface area contributed by atoms with Gasteiger partial charge in [0.25, 0.3) is 0 Å². The molecule has 0 saturated carbocycles. The van der Waals surface area contributed by atoms with Gasteiger partial charge in [-0.05, 0) is 17.9 Å². The Bertz CT molecular complexity index is 328. The first kappa shape index (κ1) is 10.2. The number of nitrogens with zero attached hydrogens (tertiary/aromatic N) is 1. The largest absolute Gasteiger partial charge is 0.342 e. The first-order chi connectivity index (χ1) is 7.29. The molecule has 0 aliphatic carbocycles. The van der Waals surface area contributed by atoms with Gasteiger partial charge in [0.05, 0.1) is 6.42 Å². The van der Waals surface area contributed by atoms with Gasteiger partial charge in [0.1, 0.15) is 0 Å². The van der Waals surface area contributed by atoms with Crippen LogP contribution in [-0.2, 0) is 11.2 Å². The molecule has 80 valence electrons. The fourth-order valence-electron chi connectivity index (χ4n) is 1.91. The van der Waals surface area contributed by atoms with Gasteiger partial charge in [0, 0.05) is 13.1 Å². The van der Waals surface area contributed by atoms with Crippen LogP contribution in [0.3, 0.4) is 0 Å². The van der Waals surface area contributed by atoms with Crippen LogP contribution in [0.1, 0.15) is 18.9 Å². The number of rotatable bonds is 3. The molecule has 2 nitrogen and oxygen atoms in total. The summed E-state index contributed by atoms with van der Waals surface area (Å²) in [6.07, 6.45) is 1.74.